The quantitative estimate of drug-likeness (QED) is 0.900. The number of rotatable bonds is 4. The number of carbonyl (C=O) groups is 1. The van der Waals surface area contributed by atoms with Crippen molar-refractivity contribution in [2.75, 3.05) is 44.4 Å². The number of nitrogens with one attached hydrogen (secondary N) is 1. The Hall–Kier alpha value is -1.11. The predicted molar refractivity (Wildman–Crippen MR) is 83.6 cm³/mol. The van der Waals surface area contributed by atoms with Crippen molar-refractivity contribution in [2.24, 2.45) is 0 Å². The number of ether oxygens (including phenoxy) is 1. The van der Waals surface area contributed by atoms with Gasteiger partial charge in [0, 0.05) is 48.9 Å². The van der Waals surface area contributed by atoms with Crippen molar-refractivity contribution >= 4 is 17.7 Å². The molecule has 114 valence electrons. The molecule has 0 bridgehead atoms. The molecule has 1 atom stereocenters. The second kappa shape index (κ2) is 6.77. The molecule has 2 aliphatic rings. The molecule has 5 nitrogen and oxygen atoms in total. The molecule has 3 heterocycles. The standard InChI is InChI=1S/C15H21N3O2S/c19-14(13-1-4-16-5-2-13)17-11-15(3-10-21-12-15)18-6-8-20-9-7-18/h1-2,4-5H,3,6-12H2,(H,17,19)/t15-/m0/s1. The van der Waals surface area contributed by atoms with E-state index in [1.54, 1.807) is 24.5 Å². The third-order valence-electron chi connectivity index (χ3n) is 4.28. The highest BCUT2D eigenvalue weighted by atomic mass is 32.2. The van der Waals surface area contributed by atoms with Crippen LogP contribution in [0, 0.1) is 0 Å². The number of nitrogens with zero attached hydrogens (tertiary/aromatic N) is 2. The molecule has 2 saturated heterocycles. The lowest BCUT2D eigenvalue weighted by Crippen LogP contribution is -2.59. The van der Waals surface area contributed by atoms with Gasteiger partial charge in [-0.25, -0.2) is 0 Å². The van der Waals surface area contributed by atoms with Gasteiger partial charge in [0.25, 0.3) is 5.91 Å². The first-order valence-electron chi connectivity index (χ1n) is 7.39. The number of carbonyl (C=O) groups excluding carboxylic acids is 1. The molecular weight excluding hydrogens is 286 g/mol. The van der Waals surface area contributed by atoms with E-state index in [2.05, 4.69) is 15.2 Å². The molecule has 1 aromatic heterocycles. The molecular formula is C15H21N3O2S. The monoisotopic (exact) mass is 307 g/mol. The second-order valence-corrected chi connectivity index (χ2v) is 6.65. The van der Waals surface area contributed by atoms with Gasteiger partial charge in [-0.3, -0.25) is 14.7 Å². The van der Waals surface area contributed by atoms with Crippen LogP contribution in [0.25, 0.3) is 0 Å². The smallest absolute Gasteiger partial charge is 0.251 e. The van der Waals surface area contributed by atoms with Crippen LogP contribution in [0.4, 0.5) is 0 Å². The minimum Gasteiger partial charge on any atom is -0.379 e. The lowest BCUT2D eigenvalue weighted by Gasteiger charge is -2.43. The maximum Gasteiger partial charge on any atom is 0.251 e. The summed E-state index contributed by atoms with van der Waals surface area (Å²) in [4.78, 5) is 18.7. The molecule has 6 heteroatoms. The maximum atomic E-state index is 12.2. The molecule has 0 aliphatic carbocycles. The highest BCUT2D eigenvalue weighted by molar-refractivity contribution is 7.99. The molecule has 21 heavy (non-hydrogen) atoms. The summed E-state index contributed by atoms with van der Waals surface area (Å²) in [6, 6.07) is 3.50. The third-order valence-corrected chi connectivity index (χ3v) is 5.52. The molecule has 2 fully saturated rings. The number of aromatic nitrogens is 1. The number of amides is 1. The molecule has 1 aromatic rings. The van der Waals surface area contributed by atoms with Crippen molar-refractivity contribution in [1.29, 1.82) is 0 Å². The number of pyridine rings is 1. The first-order chi connectivity index (χ1) is 10.3. The van der Waals surface area contributed by atoms with E-state index in [-0.39, 0.29) is 11.4 Å². The summed E-state index contributed by atoms with van der Waals surface area (Å²) < 4.78 is 5.46. The minimum atomic E-state index is -0.0121. The second-order valence-electron chi connectivity index (χ2n) is 5.54. The fourth-order valence-corrected chi connectivity index (χ4v) is 4.46. The van der Waals surface area contributed by atoms with Gasteiger partial charge >= 0.3 is 0 Å². The molecule has 2 aliphatic heterocycles. The fraction of sp³-hybridized carbons (Fsp3) is 0.600. The summed E-state index contributed by atoms with van der Waals surface area (Å²) in [6.07, 6.45) is 4.43. The Morgan fingerprint density at radius 3 is 2.81 bits per heavy atom. The fourth-order valence-electron chi connectivity index (χ4n) is 2.98. The van der Waals surface area contributed by atoms with Crippen molar-refractivity contribution in [1.82, 2.24) is 15.2 Å². The lowest BCUT2D eigenvalue weighted by atomic mass is 9.95. The van der Waals surface area contributed by atoms with Gasteiger partial charge in [0.15, 0.2) is 0 Å². The summed E-state index contributed by atoms with van der Waals surface area (Å²) in [7, 11) is 0. The van der Waals surface area contributed by atoms with Crippen LogP contribution in [-0.2, 0) is 4.74 Å². The molecule has 0 spiro atoms. The molecule has 0 unspecified atom stereocenters. The number of hydrogen-bond donors (Lipinski definition) is 1. The predicted octanol–water partition coefficient (Wildman–Crippen LogP) is 1.02. The first-order valence-corrected chi connectivity index (χ1v) is 8.54. The van der Waals surface area contributed by atoms with Gasteiger partial charge in [0.1, 0.15) is 0 Å². The summed E-state index contributed by atoms with van der Waals surface area (Å²) in [6.45, 7) is 4.23. The van der Waals surface area contributed by atoms with Crippen molar-refractivity contribution in [3.63, 3.8) is 0 Å². The SMILES string of the molecule is O=C(NC[C@@]1(N2CCOCC2)CCSC1)c1ccncc1. The average molecular weight is 307 g/mol. The minimum absolute atomic E-state index is 0.0121. The molecule has 0 saturated carbocycles. The lowest BCUT2D eigenvalue weighted by molar-refractivity contribution is -0.0129. The Labute approximate surface area is 129 Å². The van der Waals surface area contributed by atoms with E-state index in [4.69, 9.17) is 4.74 Å². The van der Waals surface area contributed by atoms with Crippen LogP contribution in [0.15, 0.2) is 24.5 Å². The highest BCUT2D eigenvalue weighted by Crippen LogP contribution is 2.33. The molecule has 0 aromatic carbocycles. The number of hydrogen-bond acceptors (Lipinski definition) is 5. The Morgan fingerprint density at radius 2 is 2.14 bits per heavy atom. The first kappa shape index (κ1) is 14.8. The van der Waals surface area contributed by atoms with Gasteiger partial charge < -0.3 is 10.1 Å². The third kappa shape index (κ3) is 3.39. The van der Waals surface area contributed by atoms with E-state index in [0.717, 1.165) is 38.5 Å². The Morgan fingerprint density at radius 1 is 1.38 bits per heavy atom. The van der Waals surface area contributed by atoms with Gasteiger partial charge in [-0.15, -0.1) is 0 Å². The van der Waals surface area contributed by atoms with Crippen LogP contribution in [0.2, 0.25) is 0 Å². The Kier molecular flexibility index (Phi) is 4.77. The van der Waals surface area contributed by atoms with Crippen LogP contribution < -0.4 is 5.32 Å². The van der Waals surface area contributed by atoms with Crippen LogP contribution in [0.1, 0.15) is 16.8 Å². The number of morpholine rings is 1. The van der Waals surface area contributed by atoms with Crippen molar-refractivity contribution in [3.05, 3.63) is 30.1 Å². The molecule has 1 N–H and O–H groups in total. The zero-order valence-electron chi connectivity index (χ0n) is 12.1. The highest BCUT2D eigenvalue weighted by Gasteiger charge is 2.40. The van der Waals surface area contributed by atoms with Crippen molar-refractivity contribution < 1.29 is 9.53 Å². The van der Waals surface area contributed by atoms with Gasteiger partial charge in [0.05, 0.1) is 13.2 Å². The van der Waals surface area contributed by atoms with Crippen LogP contribution in [-0.4, -0.2) is 65.7 Å². The van der Waals surface area contributed by atoms with Crippen molar-refractivity contribution in [3.8, 4) is 0 Å². The summed E-state index contributed by atoms with van der Waals surface area (Å²) in [5.41, 5.74) is 0.768. The van der Waals surface area contributed by atoms with E-state index in [1.165, 1.54) is 5.75 Å². The average Bonchev–Trinajstić information content (AvgIpc) is 3.04. The molecule has 0 radical (unpaired) electrons. The van der Waals surface area contributed by atoms with E-state index in [0.29, 0.717) is 12.1 Å². The maximum absolute atomic E-state index is 12.2. The Balaban J connectivity index is 1.64. The Bertz CT molecular complexity index is 471. The zero-order chi connectivity index (χ0) is 14.5. The van der Waals surface area contributed by atoms with E-state index >= 15 is 0 Å². The summed E-state index contributed by atoms with van der Waals surface area (Å²) in [5, 5.41) is 3.12. The van der Waals surface area contributed by atoms with Crippen molar-refractivity contribution in [2.45, 2.75) is 12.0 Å². The summed E-state index contributed by atoms with van der Waals surface area (Å²) in [5.74, 6) is 2.24. The zero-order valence-corrected chi connectivity index (χ0v) is 12.9. The van der Waals surface area contributed by atoms with Gasteiger partial charge in [-0.1, -0.05) is 0 Å². The van der Waals surface area contributed by atoms with Gasteiger partial charge in [-0.2, -0.15) is 11.8 Å². The summed E-state index contributed by atoms with van der Waals surface area (Å²) >= 11 is 1.98. The van der Waals surface area contributed by atoms with Gasteiger partial charge in [-0.05, 0) is 24.3 Å². The normalized spacial score (nSPS) is 26.7. The van der Waals surface area contributed by atoms with Crippen LogP contribution in [0.3, 0.4) is 0 Å². The van der Waals surface area contributed by atoms with Crippen LogP contribution >= 0.6 is 11.8 Å². The van der Waals surface area contributed by atoms with E-state index in [9.17, 15) is 4.79 Å². The number of thioether (sulfide) groups is 1. The van der Waals surface area contributed by atoms with Crippen LogP contribution in [0.5, 0.6) is 0 Å². The topological polar surface area (TPSA) is 54.5 Å². The molecule has 1 amide bonds. The van der Waals surface area contributed by atoms with E-state index < -0.39 is 0 Å². The van der Waals surface area contributed by atoms with Gasteiger partial charge in [0.2, 0.25) is 0 Å². The largest absolute Gasteiger partial charge is 0.379 e. The molecule has 3 rings (SSSR count). The van der Waals surface area contributed by atoms with E-state index in [1.807, 2.05) is 11.8 Å².